The van der Waals surface area contributed by atoms with E-state index in [4.69, 9.17) is 29.0 Å². The number of anilines is 1. The zero-order valence-electron chi connectivity index (χ0n) is 15.0. The highest BCUT2D eigenvalue weighted by Crippen LogP contribution is 2.34. The van der Waals surface area contributed by atoms with Crippen molar-refractivity contribution in [1.29, 1.82) is 0 Å². The van der Waals surface area contributed by atoms with Crippen molar-refractivity contribution in [3.8, 4) is 0 Å². The van der Waals surface area contributed by atoms with E-state index in [0.29, 0.717) is 18.5 Å². The number of nitrogens with zero attached hydrogens (tertiary/aromatic N) is 1. The van der Waals surface area contributed by atoms with Gasteiger partial charge in [-0.2, -0.15) is 0 Å². The molecule has 146 valence electrons. The van der Waals surface area contributed by atoms with Gasteiger partial charge in [0.1, 0.15) is 11.4 Å². The Kier molecular flexibility index (Phi) is 7.11. The second-order valence-corrected chi connectivity index (χ2v) is 8.46. The lowest BCUT2D eigenvalue weighted by Crippen LogP contribution is -2.44. The Hall–Kier alpha value is -1.80. The molecule has 2 aromatic rings. The molecular formula is C18H21Cl2N3O3S. The highest BCUT2D eigenvalue weighted by atomic mass is 35.5. The Morgan fingerprint density at radius 3 is 2.22 bits per heavy atom. The van der Waals surface area contributed by atoms with Gasteiger partial charge in [-0.3, -0.25) is 14.5 Å². The SMILES string of the molecule is CCc1cccc(CC)c1N(CC(=O)NN)S(=O)(=O)c1cc(Cl)ccc1Cl. The van der Waals surface area contributed by atoms with E-state index in [9.17, 15) is 13.2 Å². The minimum absolute atomic E-state index is 0.0181. The summed E-state index contributed by atoms with van der Waals surface area (Å²) in [6, 6.07) is 9.70. The maximum Gasteiger partial charge on any atom is 0.266 e. The van der Waals surface area contributed by atoms with Crippen molar-refractivity contribution in [3.63, 3.8) is 0 Å². The molecule has 27 heavy (non-hydrogen) atoms. The number of benzene rings is 2. The van der Waals surface area contributed by atoms with Gasteiger partial charge in [0.05, 0.1) is 10.7 Å². The lowest BCUT2D eigenvalue weighted by atomic mass is 10.0. The zero-order valence-corrected chi connectivity index (χ0v) is 17.3. The molecule has 0 aliphatic rings. The van der Waals surface area contributed by atoms with Crippen LogP contribution in [-0.4, -0.2) is 20.9 Å². The Bertz CT molecular complexity index is 927. The Morgan fingerprint density at radius 1 is 1.11 bits per heavy atom. The van der Waals surface area contributed by atoms with E-state index in [1.807, 2.05) is 37.5 Å². The van der Waals surface area contributed by atoms with Gasteiger partial charge in [0, 0.05) is 5.02 Å². The molecule has 0 saturated heterocycles. The molecule has 0 heterocycles. The van der Waals surface area contributed by atoms with Gasteiger partial charge in [0.15, 0.2) is 0 Å². The monoisotopic (exact) mass is 429 g/mol. The summed E-state index contributed by atoms with van der Waals surface area (Å²) in [6.45, 7) is 3.35. The van der Waals surface area contributed by atoms with Gasteiger partial charge in [-0.15, -0.1) is 0 Å². The lowest BCUT2D eigenvalue weighted by molar-refractivity contribution is -0.119. The third-order valence-electron chi connectivity index (χ3n) is 4.12. The van der Waals surface area contributed by atoms with Crippen molar-refractivity contribution in [1.82, 2.24) is 5.43 Å². The molecule has 0 unspecified atom stereocenters. The van der Waals surface area contributed by atoms with Crippen LogP contribution in [0.15, 0.2) is 41.3 Å². The fraction of sp³-hybridized carbons (Fsp3) is 0.278. The number of amides is 1. The second-order valence-electron chi connectivity index (χ2n) is 5.79. The minimum atomic E-state index is -4.18. The van der Waals surface area contributed by atoms with E-state index in [1.165, 1.54) is 18.2 Å². The number of para-hydroxylation sites is 1. The van der Waals surface area contributed by atoms with Crippen LogP contribution in [0.2, 0.25) is 10.0 Å². The summed E-state index contributed by atoms with van der Waals surface area (Å²) in [6.07, 6.45) is 1.17. The summed E-state index contributed by atoms with van der Waals surface area (Å²) in [5, 5.41) is 0.241. The number of hydrazine groups is 1. The van der Waals surface area contributed by atoms with E-state index >= 15 is 0 Å². The normalized spacial score (nSPS) is 11.3. The number of nitrogens with one attached hydrogen (secondary N) is 1. The zero-order chi connectivity index (χ0) is 20.2. The van der Waals surface area contributed by atoms with Gasteiger partial charge in [-0.1, -0.05) is 55.2 Å². The van der Waals surface area contributed by atoms with Gasteiger partial charge in [0.2, 0.25) is 0 Å². The molecule has 0 atom stereocenters. The predicted molar refractivity (Wildman–Crippen MR) is 109 cm³/mol. The smallest absolute Gasteiger partial charge is 0.266 e. The molecular weight excluding hydrogens is 409 g/mol. The number of rotatable bonds is 7. The third-order valence-corrected chi connectivity index (χ3v) is 6.59. The highest BCUT2D eigenvalue weighted by Gasteiger charge is 2.31. The molecule has 0 radical (unpaired) electrons. The highest BCUT2D eigenvalue weighted by molar-refractivity contribution is 7.93. The van der Waals surface area contributed by atoms with Crippen LogP contribution < -0.4 is 15.6 Å². The molecule has 0 spiro atoms. The summed E-state index contributed by atoms with van der Waals surface area (Å²) in [4.78, 5) is 11.9. The molecule has 6 nitrogen and oxygen atoms in total. The first kappa shape index (κ1) is 21.5. The average molecular weight is 430 g/mol. The topological polar surface area (TPSA) is 92.5 Å². The fourth-order valence-electron chi connectivity index (χ4n) is 2.79. The number of sulfonamides is 1. The van der Waals surface area contributed by atoms with Crippen molar-refractivity contribution in [2.75, 3.05) is 10.8 Å². The summed E-state index contributed by atoms with van der Waals surface area (Å²) in [7, 11) is -4.18. The Labute approximate surface area is 169 Å². The van der Waals surface area contributed by atoms with Crippen LogP contribution in [0.25, 0.3) is 0 Å². The number of carbonyl (C=O) groups is 1. The van der Waals surface area contributed by atoms with Crippen LogP contribution in [0.1, 0.15) is 25.0 Å². The standard InChI is InChI=1S/C18H21Cl2N3O3S/c1-3-12-6-5-7-13(4-2)18(12)23(11-17(24)22-21)27(25,26)16-10-14(19)8-9-15(16)20/h5-10H,3-4,11,21H2,1-2H3,(H,22,24). The second kappa shape index (κ2) is 8.93. The van der Waals surface area contributed by atoms with Crippen LogP contribution >= 0.6 is 23.2 Å². The van der Waals surface area contributed by atoms with Gasteiger partial charge in [-0.25, -0.2) is 14.3 Å². The molecule has 2 aromatic carbocycles. The van der Waals surface area contributed by atoms with E-state index < -0.39 is 22.5 Å². The molecule has 3 N–H and O–H groups in total. The van der Waals surface area contributed by atoms with Crippen LogP contribution in [0.5, 0.6) is 0 Å². The molecule has 0 aliphatic carbocycles. The van der Waals surface area contributed by atoms with Gasteiger partial charge >= 0.3 is 0 Å². The largest absolute Gasteiger partial charge is 0.293 e. The van der Waals surface area contributed by atoms with Crippen LogP contribution in [0.3, 0.4) is 0 Å². The predicted octanol–water partition coefficient (Wildman–Crippen LogP) is 3.30. The Balaban J connectivity index is 2.77. The molecule has 1 amide bonds. The number of nitrogens with two attached hydrogens (primary N) is 1. The molecule has 0 aliphatic heterocycles. The molecule has 0 aromatic heterocycles. The lowest BCUT2D eigenvalue weighted by Gasteiger charge is -2.28. The van der Waals surface area contributed by atoms with Crippen molar-refractivity contribution in [3.05, 3.63) is 57.6 Å². The molecule has 2 rings (SSSR count). The summed E-state index contributed by atoms with van der Waals surface area (Å²) < 4.78 is 28.0. The maximum absolute atomic E-state index is 13.5. The number of halogens is 2. The van der Waals surface area contributed by atoms with E-state index in [-0.39, 0.29) is 14.9 Å². The van der Waals surface area contributed by atoms with Crippen molar-refractivity contribution in [2.24, 2.45) is 5.84 Å². The minimum Gasteiger partial charge on any atom is -0.293 e. The van der Waals surface area contributed by atoms with Crippen molar-refractivity contribution < 1.29 is 13.2 Å². The summed E-state index contributed by atoms with van der Waals surface area (Å²) >= 11 is 12.1. The Morgan fingerprint density at radius 2 is 1.70 bits per heavy atom. The molecule has 0 saturated carbocycles. The third kappa shape index (κ3) is 4.55. The van der Waals surface area contributed by atoms with Crippen molar-refractivity contribution in [2.45, 2.75) is 31.6 Å². The first-order valence-electron chi connectivity index (χ1n) is 8.34. The van der Waals surface area contributed by atoms with Crippen LogP contribution in [0.4, 0.5) is 5.69 Å². The van der Waals surface area contributed by atoms with E-state index in [2.05, 4.69) is 0 Å². The van der Waals surface area contributed by atoms with E-state index in [1.54, 1.807) is 0 Å². The number of hydrogen-bond acceptors (Lipinski definition) is 4. The first-order chi connectivity index (χ1) is 12.8. The average Bonchev–Trinajstić information content (AvgIpc) is 2.66. The molecule has 0 bridgehead atoms. The first-order valence-corrected chi connectivity index (χ1v) is 10.5. The van der Waals surface area contributed by atoms with Crippen LogP contribution in [-0.2, 0) is 27.7 Å². The van der Waals surface area contributed by atoms with Gasteiger partial charge in [-0.05, 0) is 42.2 Å². The number of aryl methyl sites for hydroxylation is 2. The van der Waals surface area contributed by atoms with Gasteiger partial charge in [0.25, 0.3) is 15.9 Å². The molecule has 0 fully saturated rings. The number of hydrogen-bond donors (Lipinski definition) is 2. The van der Waals surface area contributed by atoms with Crippen molar-refractivity contribution >= 4 is 44.8 Å². The summed E-state index contributed by atoms with van der Waals surface area (Å²) in [5.41, 5.74) is 4.03. The van der Waals surface area contributed by atoms with Crippen LogP contribution in [0, 0.1) is 0 Å². The molecule has 9 heteroatoms. The maximum atomic E-state index is 13.5. The van der Waals surface area contributed by atoms with Gasteiger partial charge < -0.3 is 0 Å². The number of carbonyl (C=O) groups excluding carboxylic acids is 1. The quantitative estimate of drug-likeness (QED) is 0.401. The fourth-order valence-corrected chi connectivity index (χ4v) is 5.03. The van der Waals surface area contributed by atoms with E-state index in [0.717, 1.165) is 15.4 Å². The summed E-state index contributed by atoms with van der Waals surface area (Å²) in [5.74, 6) is 4.56.